The van der Waals surface area contributed by atoms with E-state index in [4.69, 9.17) is 4.74 Å². The highest BCUT2D eigenvalue weighted by Gasteiger charge is 2.21. The topological polar surface area (TPSA) is 9.23 Å². The highest BCUT2D eigenvalue weighted by atomic mass is 16.5. The molecule has 0 N–H and O–H groups in total. The summed E-state index contributed by atoms with van der Waals surface area (Å²) in [5.41, 5.74) is 1.50. The lowest BCUT2D eigenvalue weighted by Gasteiger charge is -2.29. The predicted octanol–water partition coefficient (Wildman–Crippen LogP) is 7.05. The lowest BCUT2D eigenvalue weighted by Crippen LogP contribution is -2.13. The second kappa shape index (κ2) is 11.1. The standard InChI is InChI=1S/C23H34O/c1-3-5-7-9-19-24-23-17-15-22(16-18-23)21-13-11-20(12-14-21)10-8-6-4-2/h3,5,7,9,15-18,20-21H,4,6,8,10-14,19H2,1-2H3. The van der Waals surface area contributed by atoms with Gasteiger partial charge in [0.05, 0.1) is 0 Å². The molecule has 1 nitrogen and oxygen atoms in total. The van der Waals surface area contributed by atoms with E-state index in [1.165, 1.54) is 56.9 Å². The number of ether oxygens (including phenoxy) is 1. The van der Waals surface area contributed by atoms with Crippen molar-refractivity contribution in [3.63, 3.8) is 0 Å². The van der Waals surface area contributed by atoms with Gasteiger partial charge in [-0.1, -0.05) is 63.0 Å². The Morgan fingerprint density at radius 1 is 1.00 bits per heavy atom. The van der Waals surface area contributed by atoms with Crippen LogP contribution < -0.4 is 4.74 Å². The summed E-state index contributed by atoms with van der Waals surface area (Å²) in [5, 5.41) is 0. The quantitative estimate of drug-likeness (QED) is 0.349. The minimum Gasteiger partial charge on any atom is -0.490 e. The number of hydrogen-bond donors (Lipinski definition) is 0. The summed E-state index contributed by atoms with van der Waals surface area (Å²) in [4.78, 5) is 0. The molecule has 1 fully saturated rings. The maximum Gasteiger partial charge on any atom is 0.119 e. The van der Waals surface area contributed by atoms with Crippen LogP contribution in [0.25, 0.3) is 0 Å². The largest absolute Gasteiger partial charge is 0.490 e. The first-order valence-electron chi connectivity index (χ1n) is 9.84. The van der Waals surface area contributed by atoms with Gasteiger partial charge in [0.15, 0.2) is 0 Å². The fourth-order valence-electron chi connectivity index (χ4n) is 3.69. The molecule has 2 rings (SSSR count). The smallest absolute Gasteiger partial charge is 0.119 e. The average molecular weight is 327 g/mol. The molecule has 1 aromatic rings. The van der Waals surface area contributed by atoms with Gasteiger partial charge in [0, 0.05) is 0 Å². The lowest BCUT2D eigenvalue weighted by atomic mass is 9.77. The van der Waals surface area contributed by atoms with Crippen LogP contribution in [0.2, 0.25) is 0 Å². The van der Waals surface area contributed by atoms with E-state index in [-0.39, 0.29) is 0 Å². The van der Waals surface area contributed by atoms with Crippen molar-refractivity contribution in [2.75, 3.05) is 6.61 Å². The molecular weight excluding hydrogens is 292 g/mol. The molecule has 0 saturated heterocycles. The Kier molecular flexibility index (Phi) is 8.73. The maximum absolute atomic E-state index is 5.75. The molecule has 1 saturated carbocycles. The van der Waals surface area contributed by atoms with Crippen molar-refractivity contribution in [1.82, 2.24) is 0 Å². The number of benzene rings is 1. The monoisotopic (exact) mass is 326 g/mol. The summed E-state index contributed by atoms with van der Waals surface area (Å²) in [6.07, 6.45) is 19.3. The molecule has 0 aromatic heterocycles. The van der Waals surface area contributed by atoms with Crippen LogP contribution in [0.1, 0.15) is 76.7 Å². The number of rotatable bonds is 9. The maximum atomic E-state index is 5.75. The molecule has 0 bridgehead atoms. The first kappa shape index (κ1) is 18.8. The molecule has 0 radical (unpaired) electrons. The van der Waals surface area contributed by atoms with E-state index < -0.39 is 0 Å². The zero-order valence-electron chi connectivity index (χ0n) is 15.5. The predicted molar refractivity (Wildman–Crippen MR) is 105 cm³/mol. The first-order valence-corrected chi connectivity index (χ1v) is 9.84. The van der Waals surface area contributed by atoms with Crippen molar-refractivity contribution >= 4 is 0 Å². The van der Waals surface area contributed by atoms with Gasteiger partial charge >= 0.3 is 0 Å². The third-order valence-electron chi connectivity index (χ3n) is 5.20. The van der Waals surface area contributed by atoms with Crippen molar-refractivity contribution < 1.29 is 4.74 Å². The Balaban J connectivity index is 1.73. The fraction of sp³-hybridized carbons (Fsp3) is 0.565. The summed E-state index contributed by atoms with van der Waals surface area (Å²) >= 11 is 0. The summed E-state index contributed by atoms with van der Waals surface area (Å²) in [5.74, 6) is 2.72. The van der Waals surface area contributed by atoms with Crippen LogP contribution in [-0.2, 0) is 0 Å². The first-order chi connectivity index (χ1) is 11.8. The van der Waals surface area contributed by atoms with Crippen LogP contribution in [0.5, 0.6) is 5.75 Å². The van der Waals surface area contributed by atoms with E-state index in [1.54, 1.807) is 0 Å². The molecule has 0 spiro atoms. The van der Waals surface area contributed by atoms with Crippen molar-refractivity contribution in [2.24, 2.45) is 5.92 Å². The van der Waals surface area contributed by atoms with Crippen LogP contribution in [0.15, 0.2) is 48.6 Å². The zero-order valence-corrected chi connectivity index (χ0v) is 15.5. The van der Waals surface area contributed by atoms with Crippen LogP contribution in [-0.4, -0.2) is 6.61 Å². The number of allylic oxidation sites excluding steroid dienone is 3. The molecule has 0 unspecified atom stereocenters. The Hall–Kier alpha value is -1.50. The van der Waals surface area contributed by atoms with Crippen molar-refractivity contribution in [3.05, 3.63) is 54.1 Å². The number of hydrogen-bond acceptors (Lipinski definition) is 1. The Labute approximate surface area is 148 Å². The fourth-order valence-corrected chi connectivity index (χ4v) is 3.69. The zero-order chi connectivity index (χ0) is 17.0. The van der Waals surface area contributed by atoms with Crippen molar-refractivity contribution in [2.45, 2.75) is 71.1 Å². The summed E-state index contributed by atoms with van der Waals surface area (Å²) in [6, 6.07) is 8.80. The number of unbranched alkanes of at least 4 members (excludes halogenated alkanes) is 2. The molecule has 1 aliphatic carbocycles. The van der Waals surface area contributed by atoms with Gasteiger partial charge in [-0.2, -0.15) is 0 Å². The van der Waals surface area contributed by atoms with Gasteiger partial charge in [-0.15, -0.1) is 0 Å². The van der Waals surface area contributed by atoms with Gasteiger partial charge in [-0.3, -0.25) is 0 Å². The van der Waals surface area contributed by atoms with E-state index >= 15 is 0 Å². The molecule has 0 atom stereocenters. The van der Waals surface area contributed by atoms with Crippen LogP contribution in [0.3, 0.4) is 0 Å². The summed E-state index contributed by atoms with van der Waals surface area (Å²) in [6.45, 7) is 4.94. The van der Waals surface area contributed by atoms with Crippen LogP contribution in [0.4, 0.5) is 0 Å². The van der Waals surface area contributed by atoms with E-state index in [1.807, 2.05) is 31.2 Å². The third kappa shape index (κ3) is 6.55. The van der Waals surface area contributed by atoms with E-state index in [0.717, 1.165) is 17.6 Å². The lowest BCUT2D eigenvalue weighted by molar-refractivity contribution is 0.302. The minimum absolute atomic E-state index is 0.632. The van der Waals surface area contributed by atoms with Gasteiger partial charge < -0.3 is 4.74 Å². The average Bonchev–Trinajstić information content (AvgIpc) is 2.63. The van der Waals surface area contributed by atoms with E-state index in [2.05, 4.69) is 31.2 Å². The van der Waals surface area contributed by atoms with E-state index in [0.29, 0.717) is 6.61 Å². The molecule has 24 heavy (non-hydrogen) atoms. The van der Waals surface area contributed by atoms with Crippen molar-refractivity contribution in [1.29, 1.82) is 0 Å². The molecule has 1 aliphatic rings. The SMILES string of the molecule is CC=CC=CCOc1ccc(C2CCC(CCCCC)CC2)cc1. The molecular formula is C23H34O. The molecule has 0 heterocycles. The molecule has 0 aliphatic heterocycles. The molecule has 1 heteroatoms. The Morgan fingerprint density at radius 3 is 2.42 bits per heavy atom. The van der Waals surface area contributed by atoms with Gasteiger partial charge in [-0.25, -0.2) is 0 Å². The highest BCUT2D eigenvalue weighted by molar-refractivity contribution is 5.30. The molecule has 132 valence electrons. The van der Waals surface area contributed by atoms with Crippen LogP contribution >= 0.6 is 0 Å². The minimum atomic E-state index is 0.632. The van der Waals surface area contributed by atoms with Crippen molar-refractivity contribution in [3.8, 4) is 5.75 Å². The Bertz CT molecular complexity index is 489. The third-order valence-corrected chi connectivity index (χ3v) is 5.20. The Morgan fingerprint density at radius 2 is 1.75 bits per heavy atom. The summed E-state index contributed by atoms with van der Waals surface area (Å²) in [7, 11) is 0. The van der Waals surface area contributed by atoms with Crippen LogP contribution in [0, 0.1) is 5.92 Å². The normalized spacial score (nSPS) is 21.6. The molecule has 1 aromatic carbocycles. The highest BCUT2D eigenvalue weighted by Crippen LogP contribution is 2.38. The van der Waals surface area contributed by atoms with Gasteiger partial charge in [0.1, 0.15) is 12.4 Å². The second-order valence-electron chi connectivity index (χ2n) is 7.05. The van der Waals surface area contributed by atoms with Gasteiger partial charge in [0.25, 0.3) is 0 Å². The van der Waals surface area contributed by atoms with Gasteiger partial charge in [-0.05, 0) is 68.2 Å². The molecule has 0 amide bonds. The van der Waals surface area contributed by atoms with Gasteiger partial charge in [0.2, 0.25) is 0 Å². The second-order valence-corrected chi connectivity index (χ2v) is 7.05. The summed E-state index contributed by atoms with van der Waals surface area (Å²) < 4.78 is 5.75. The van der Waals surface area contributed by atoms with E-state index in [9.17, 15) is 0 Å².